The van der Waals surface area contributed by atoms with Crippen LogP contribution >= 0.6 is 11.6 Å². The Hall–Kier alpha value is -1.36. The van der Waals surface area contributed by atoms with E-state index in [-0.39, 0.29) is 6.10 Å². The number of halogens is 1. The van der Waals surface area contributed by atoms with Crippen LogP contribution in [0.15, 0.2) is 30.3 Å². The van der Waals surface area contributed by atoms with Crippen LogP contribution in [0.25, 0.3) is 10.9 Å². The number of fused-ring (bicyclic) bond motifs is 1. The van der Waals surface area contributed by atoms with Gasteiger partial charge in [0, 0.05) is 30.0 Å². The van der Waals surface area contributed by atoms with Crippen LogP contribution in [0.4, 0.5) is 5.82 Å². The molecule has 1 aliphatic heterocycles. The lowest BCUT2D eigenvalue weighted by Gasteiger charge is -2.30. The summed E-state index contributed by atoms with van der Waals surface area (Å²) in [6.07, 6.45) is 0.219. The number of anilines is 1. The molecule has 1 unspecified atom stereocenters. The molecule has 0 amide bonds. The summed E-state index contributed by atoms with van der Waals surface area (Å²) in [6, 6.07) is 9.73. The fourth-order valence-corrected chi connectivity index (χ4v) is 2.58. The average Bonchev–Trinajstić information content (AvgIpc) is 2.45. The first kappa shape index (κ1) is 13.6. The predicted molar refractivity (Wildman–Crippen MR) is 82.5 cm³/mol. The maximum atomic E-state index is 5.97. The lowest BCUT2D eigenvalue weighted by Crippen LogP contribution is -2.43. The lowest BCUT2D eigenvalue weighted by atomic mass is 10.2. The van der Waals surface area contributed by atoms with Crippen molar-refractivity contribution in [3.63, 3.8) is 0 Å². The van der Waals surface area contributed by atoms with Crippen LogP contribution in [0.3, 0.4) is 0 Å². The van der Waals surface area contributed by atoms with Crippen molar-refractivity contribution in [1.82, 2.24) is 9.88 Å². The number of hydrogen-bond acceptors (Lipinski definition) is 4. The first-order valence-corrected chi connectivity index (χ1v) is 7.19. The Morgan fingerprint density at radius 3 is 3.15 bits per heavy atom. The number of ether oxygens (including phenoxy) is 1. The number of morpholine rings is 1. The molecule has 0 radical (unpaired) electrons. The molecule has 20 heavy (non-hydrogen) atoms. The molecule has 4 nitrogen and oxygen atoms in total. The van der Waals surface area contributed by atoms with E-state index in [1.807, 2.05) is 30.3 Å². The highest BCUT2D eigenvalue weighted by molar-refractivity contribution is 6.31. The molecule has 106 valence electrons. The first-order chi connectivity index (χ1) is 9.70. The number of nitrogens with one attached hydrogen (secondary N) is 1. The third-order valence-corrected chi connectivity index (χ3v) is 3.74. The molecule has 0 saturated carbocycles. The molecule has 5 heteroatoms. The molecule has 1 N–H and O–H groups in total. The summed E-state index contributed by atoms with van der Waals surface area (Å²) in [6.45, 7) is 3.53. The summed E-state index contributed by atoms with van der Waals surface area (Å²) in [5.41, 5.74) is 0.945. The number of rotatable bonds is 3. The van der Waals surface area contributed by atoms with Gasteiger partial charge in [-0.3, -0.25) is 0 Å². The Labute approximate surface area is 123 Å². The Morgan fingerprint density at radius 1 is 1.40 bits per heavy atom. The second-order valence-electron chi connectivity index (χ2n) is 5.17. The van der Waals surface area contributed by atoms with Gasteiger partial charge in [0.05, 0.1) is 18.2 Å². The van der Waals surface area contributed by atoms with Crippen molar-refractivity contribution >= 4 is 28.3 Å². The van der Waals surface area contributed by atoms with Gasteiger partial charge < -0.3 is 15.0 Å². The molecular formula is C15H18ClN3O. The molecule has 2 aromatic rings. The van der Waals surface area contributed by atoms with Gasteiger partial charge in [-0.25, -0.2) is 4.98 Å². The van der Waals surface area contributed by atoms with Gasteiger partial charge in [-0.15, -0.1) is 0 Å². The van der Waals surface area contributed by atoms with Crippen molar-refractivity contribution in [3.05, 3.63) is 35.4 Å². The predicted octanol–water partition coefficient (Wildman–Crippen LogP) is 2.63. The molecule has 1 aliphatic rings. The maximum absolute atomic E-state index is 5.97. The highest BCUT2D eigenvalue weighted by Crippen LogP contribution is 2.19. The Bertz CT molecular complexity index is 605. The van der Waals surface area contributed by atoms with E-state index in [1.54, 1.807) is 0 Å². The van der Waals surface area contributed by atoms with Crippen molar-refractivity contribution in [1.29, 1.82) is 0 Å². The zero-order valence-electron chi connectivity index (χ0n) is 11.5. The van der Waals surface area contributed by atoms with Gasteiger partial charge in [-0.05, 0) is 37.4 Å². The van der Waals surface area contributed by atoms with E-state index in [1.165, 1.54) is 0 Å². The number of likely N-dealkylation sites (N-methyl/N-ethyl adjacent to an activating group) is 1. The molecular weight excluding hydrogens is 274 g/mol. The normalized spacial score (nSPS) is 20.2. The van der Waals surface area contributed by atoms with Gasteiger partial charge in [0.15, 0.2) is 0 Å². The molecule has 1 atom stereocenters. The van der Waals surface area contributed by atoms with Crippen LogP contribution in [-0.4, -0.2) is 49.3 Å². The second kappa shape index (κ2) is 5.95. The van der Waals surface area contributed by atoms with Gasteiger partial charge in [0.2, 0.25) is 0 Å². The summed E-state index contributed by atoms with van der Waals surface area (Å²) < 4.78 is 5.72. The fourth-order valence-electron chi connectivity index (χ4n) is 2.40. The van der Waals surface area contributed by atoms with Crippen LogP contribution in [0.1, 0.15) is 0 Å². The Morgan fingerprint density at radius 2 is 2.30 bits per heavy atom. The zero-order valence-corrected chi connectivity index (χ0v) is 12.2. The zero-order chi connectivity index (χ0) is 13.9. The van der Waals surface area contributed by atoms with E-state index < -0.39 is 0 Å². The largest absolute Gasteiger partial charge is 0.374 e. The summed E-state index contributed by atoms with van der Waals surface area (Å²) >= 11 is 5.97. The van der Waals surface area contributed by atoms with Crippen LogP contribution < -0.4 is 5.32 Å². The van der Waals surface area contributed by atoms with E-state index in [0.717, 1.165) is 48.0 Å². The highest BCUT2D eigenvalue weighted by Gasteiger charge is 2.17. The molecule has 1 saturated heterocycles. The molecule has 3 rings (SSSR count). The summed E-state index contributed by atoms with van der Waals surface area (Å²) in [5.74, 6) is 0.872. The minimum atomic E-state index is 0.219. The summed E-state index contributed by atoms with van der Waals surface area (Å²) in [4.78, 5) is 6.86. The molecule has 0 spiro atoms. The maximum Gasteiger partial charge on any atom is 0.126 e. The van der Waals surface area contributed by atoms with E-state index >= 15 is 0 Å². The molecule has 0 aliphatic carbocycles. The van der Waals surface area contributed by atoms with Gasteiger partial charge in [0.1, 0.15) is 5.82 Å². The van der Waals surface area contributed by atoms with Gasteiger partial charge >= 0.3 is 0 Å². The third-order valence-electron chi connectivity index (χ3n) is 3.50. The van der Waals surface area contributed by atoms with E-state index in [9.17, 15) is 0 Å². The summed E-state index contributed by atoms with van der Waals surface area (Å²) in [7, 11) is 2.12. The van der Waals surface area contributed by atoms with Crippen LogP contribution in [0.5, 0.6) is 0 Å². The van der Waals surface area contributed by atoms with Gasteiger partial charge in [0.25, 0.3) is 0 Å². The number of benzene rings is 1. The topological polar surface area (TPSA) is 37.4 Å². The van der Waals surface area contributed by atoms with E-state index in [0.29, 0.717) is 0 Å². The Kier molecular flexibility index (Phi) is 4.05. The minimum absolute atomic E-state index is 0.219. The van der Waals surface area contributed by atoms with E-state index in [2.05, 4.69) is 22.2 Å². The lowest BCUT2D eigenvalue weighted by molar-refractivity contribution is -0.0117. The van der Waals surface area contributed by atoms with Crippen molar-refractivity contribution < 1.29 is 4.74 Å². The number of nitrogens with zero attached hydrogens (tertiary/aromatic N) is 2. The van der Waals surface area contributed by atoms with Crippen LogP contribution in [-0.2, 0) is 4.74 Å². The van der Waals surface area contributed by atoms with Crippen molar-refractivity contribution in [2.24, 2.45) is 0 Å². The second-order valence-corrected chi connectivity index (χ2v) is 5.61. The molecule has 0 bridgehead atoms. The van der Waals surface area contributed by atoms with Crippen molar-refractivity contribution in [3.8, 4) is 0 Å². The molecule has 1 fully saturated rings. The molecule has 1 aromatic carbocycles. The standard InChI is InChI=1S/C15H18ClN3O/c1-19-6-7-20-13(10-19)9-17-15-5-2-11-8-12(16)3-4-14(11)18-15/h2-5,8,13H,6-7,9-10H2,1H3,(H,17,18). The smallest absolute Gasteiger partial charge is 0.126 e. The number of hydrogen-bond donors (Lipinski definition) is 1. The molecule has 2 heterocycles. The highest BCUT2D eigenvalue weighted by atomic mass is 35.5. The average molecular weight is 292 g/mol. The summed E-state index contributed by atoms with van der Waals surface area (Å²) in [5, 5.41) is 5.13. The van der Waals surface area contributed by atoms with Crippen LogP contribution in [0, 0.1) is 0 Å². The minimum Gasteiger partial charge on any atom is -0.374 e. The third kappa shape index (κ3) is 3.20. The van der Waals surface area contributed by atoms with Crippen LogP contribution in [0.2, 0.25) is 5.02 Å². The molecule has 1 aromatic heterocycles. The quantitative estimate of drug-likeness (QED) is 0.943. The Balaban J connectivity index is 1.67. The SMILES string of the molecule is CN1CCOC(CNc2ccc3cc(Cl)ccc3n2)C1. The van der Waals surface area contributed by atoms with Gasteiger partial charge in [-0.1, -0.05) is 11.6 Å². The number of pyridine rings is 1. The van der Waals surface area contributed by atoms with E-state index in [4.69, 9.17) is 16.3 Å². The number of aromatic nitrogens is 1. The fraction of sp³-hybridized carbons (Fsp3) is 0.400. The van der Waals surface area contributed by atoms with Gasteiger partial charge in [-0.2, -0.15) is 0 Å². The monoisotopic (exact) mass is 291 g/mol. The van der Waals surface area contributed by atoms with Crippen molar-refractivity contribution in [2.75, 3.05) is 38.6 Å². The van der Waals surface area contributed by atoms with Crippen molar-refractivity contribution in [2.45, 2.75) is 6.10 Å². The first-order valence-electron chi connectivity index (χ1n) is 6.81.